The van der Waals surface area contributed by atoms with Crippen LogP contribution in [0.5, 0.6) is 0 Å². The summed E-state index contributed by atoms with van der Waals surface area (Å²) in [6.07, 6.45) is 11.7. The molecule has 0 radical (unpaired) electrons. The number of carbonyl (C=O) groups excluding carboxylic acids is 1. The molecule has 2 aromatic rings. The Balaban J connectivity index is 1.51. The molecule has 27 heavy (non-hydrogen) atoms. The van der Waals surface area contributed by atoms with Crippen molar-refractivity contribution >= 4 is 5.91 Å². The highest BCUT2D eigenvalue weighted by Crippen LogP contribution is 2.39. The number of hydrogen-bond donors (Lipinski definition) is 1. The lowest BCUT2D eigenvalue weighted by Gasteiger charge is -2.40. The van der Waals surface area contributed by atoms with Crippen molar-refractivity contribution in [2.75, 3.05) is 0 Å². The minimum Gasteiger partial charge on any atom is -0.370 e. The lowest BCUT2D eigenvalue weighted by Crippen LogP contribution is -2.44. The maximum Gasteiger partial charge on any atom is 0.217 e. The van der Waals surface area contributed by atoms with Gasteiger partial charge in [-0.2, -0.15) is 5.10 Å². The molecule has 1 saturated heterocycles. The van der Waals surface area contributed by atoms with Crippen LogP contribution in [0.25, 0.3) is 5.69 Å². The van der Waals surface area contributed by atoms with Gasteiger partial charge in [-0.25, -0.2) is 9.67 Å². The van der Waals surface area contributed by atoms with Crippen LogP contribution in [0.2, 0.25) is 0 Å². The summed E-state index contributed by atoms with van der Waals surface area (Å²) in [6, 6.07) is 8.49. The molecule has 6 nitrogen and oxygen atoms in total. The highest BCUT2D eigenvalue weighted by molar-refractivity contribution is 5.73. The van der Waals surface area contributed by atoms with Crippen molar-refractivity contribution in [2.45, 2.75) is 70.1 Å². The van der Waals surface area contributed by atoms with Crippen LogP contribution in [0.15, 0.2) is 36.9 Å². The molecular weight excluding hydrogens is 340 g/mol. The third kappa shape index (κ3) is 4.38. The maximum absolute atomic E-state index is 11.6. The Kier molecular flexibility index (Phi) is 5.53. The predicted molar refractivity (Wildman–Crippen MR) is 102 cm³/mol. The van der Waals surface area contributed by atoms with Crippen LogP contribution in [-0.2, 0) is 9.53 Å². The SMILES string of the molecule is CC(=O)N[C@H]1C[C@@H](c2ccc(-n3cncn3)cc2)O[C@@H](C2CCCCC2)C1. The van der Waals surface area contributed by atoms with Crippen molar-refractivity contribution in [1.82, 2.24) is 20.1 Å². The number of carbonyl (C=O) groups is 1. The first kappa shape index (κ1) is 18.2. The quantitative estimate of drug-likeness (QED) is 0.896. The molecule has 1 aliphatic heterocycles. The van der Waals surface area contributed by atoms with Gasteiger partial charge in [-0.15, -0.1) is 0 Å². The van der Waals surface area contributed by atoms with Gasteiger partial charge in [0.1, 0.15) is 12.7 Å². The van der Waals surface area contributed by atoms with Crippen LogP contribution in [0, 0.1) is 5.92 Å². The number of ether oxygens (including phenoxy) is 1. The summed E-state index contributed by atoms with van der Waals surface area (Å²) in [5, 5.41) is 7.32. The number of nitrogens with one attached hydrogen (secondary N) is 1. The molecule has 4 rings (SSSR count). The number of nitrogens with zero attached hydrogens (tertiary/aromatic N) is 3. The molecule has 1 aromatic heterocycles. The van der Waals surface area contributed by atoms with Crippen molar-refractivity contribution in [1.29, 1.82) is 0 Å². The fraction of sp³-hybridized carbons (Fsp3) is 0.571. The molecule has 1 saturated carbocycles. The topological polar surface area (TPSA) is 69.0 Å². The molecule has 3 atom stereocenters. The molecule has 0 spiro atoms. The first-order valence-electron chi connectivity index (χ1n) is 10.1. The van der Waals surface area contributed by atoms with Gasteiger partial charge in [-0.1, -0.05) is 31.4 Å². The van der Waals surface area contributed by atoms with Crippen LogP contribution in [0.3, 0.4) is 0 Å². The van der Waals surface area contributed by atoms with Gasteiger partial charge in [0.15, 0.2) is 0 Å². The van der Waals surface area contributed by atoms with Crippen molar-refractivity contribution in [2.24, 2.45) is 5.92 Å². The molecule has 6 heteroatoms. The van der Waals surface area contributed by atoms with Gasteiger partial charge >= 0.3 is 0 Å². The van der Waals surface area contributed by atoms with Crippen molar-refractivity contribution in [3.05, 3.63) is 42.5 Å². The monoisotopic (exact) mass is 368 g/mol. The van der Waals surface area contributed by atoms with E-state index in [-0.39, 0.29) is 24.2 Å². The second kappa shape index (κ2) is 8.21. The number of benzene rings is 1. The smallest absolute Gasteiger partial charge is 0.217 e. The largest absolute Gasteiger partial charge is 0.370 e. The molecule has 0 unspecified atom stereocenters. The zero-order chi connectivity index (χ0) is 18.6. The number of aromatic nitrogens is 3. The summed E-state index contributed by atoms with van der Waals surface area (Å²) >= 11 is 0. The van der Waals surface area contributed by atoms with Crippen LogP contribution in [0.4, 0.5) is 0 Å². The van der Waals surface area contributed by atoms with E-state index >= 15 is 0 Å². The zero-order valence-corrected chi connectivity index (χ0v) is 15.9. The number of amides is 1. The van der Waals surface area contributed by atoms with Crippen molar-refractivity contribution in [3.63, 3.8) is 0 Å². The molecule has 1 amide bonds. The van der Waals surface area contributed by atoms with Gasteiger partial charge in [0.05, 0.1) is 17.9 Å². The molecule has 2 fully saturated rings. The van der Waals surface area contributed by atoms with E-state index in [1.54, 1.807) is 17.9 Å². The number of hydrogen-bond acceptors (Lipinski definition) is 4. The fourth-order valence-corrected chi connectivity index (χ4v) is 4.57. The third-order valence-corrected chi connectivity index (χ3v) is 5.89. The summed E-state index contributed by atoms with van der Waals surface area (Å²) in [4.78, 5) is 15.6. The van der Waals surface area contributed by atoms with Gasteiger partial charge < -0.3 is 10.1 Å². The fourth-order valence-electron chi connectivity index (χ4n) is 4.57. The normalized spacial score (nSPS) is 26.6. The molecule has 144 valence electrons. The zero-order valence-electron chi connectivity index (χ0n) is 15.9. The Hall–Kier alpha value is -2.21. The summed E-state index contributed by atoms with van der Waals surface area (Å²) in [7, 11) is 0. The van der Waals surface area contributed by atoms with Gasteiger partial charge in [0.25, 0.3) is 0 Å². The molecule has 1 aromatic carbocycles. The summed E-state index contributed by atoms with van der Waals surface area (Å²) in [6.45, 7) is 1.60. The Labute approximate surface area is 160 Å². The second-order valence-corrected chi connectivity index (χ2v) is 7.86. The maximum atomic E-state index is 11.6. The van der Waals surface area contributed by atoms with Crippen molar-refractivity contribution in [3.8, 4) is 5.69 Å². The van der Waals surface area contributed by atoms with Crippen LogP contribution in [-0.4, -0.2) is 32.8 Å². The summed E-state index contributed by atoms with van der Waals surface area (Å²) < 4.78 is 8.31. The van der Waals surface area contributed by atoms with Crippen LogP contribution >= 0.6 is 0 Å². The molecule has 2 heterocycles. The van der Waals surface area contributed by atoms with E-state index in [0.29, 0.717) is 5.92 Å². The first-order valence-corrected chi connectivity index (χ1v) is 10.1. The lowest BCUT2D eigenvalue weighted by atomic mass is 9.80. The first-order chi connectivity index (χ1) is 13.2. The summed E-state index contributed by atoms with van der Waals surface area (Å²) in [5.41, 5.74) is 2.14. The molecule has 0 bridgehead atoms. The van der Waals surface area contributed by atoms with E-state index in [1.807, 2.05) is 12.1 Å². The average molecular weight is 368 g/mol. The highest BCUT2D eigenvalue weighted by Gasteiger charge is 2.35. The van der Waals surface area contributed by atoms with E-state index in [9.17, 15) is 4.79 Å². The highest BCUT2D eigenvalue weighted by atomic mass is 16.5. The minimum absolute atomic E-state index is 0.0207. The minimum atomic E-state index is 0.0207. The Morgan fingerprint density at radius 3 is 2.59 bits per heavy atom. The molecule has 2 aliphatic rings. The van der Waals surface area contributed by atoms with Gasteiger partial charge in [-0.05, 0) is 49.3 Å². The van der Waals surface area contributed by atoms with E-state index < -0.39 is 0 Å². The number of rotatable bonds is 4. The van der Waals surface area contributed by atoms with Crippen LogP contribution < -0.4 is 5.32 Å². The molecule has 1 aliphatic carbocycles. The van der Waals surface area contributed by atoms with Crippen molar-refractivity contribution < 1.29 is 9.53 Å². The molecule has 1 N–H and O–H groups in total. The van der Waals surface area contributed by atoms with E-state index in [1.165, 1.54) is 38.4 Å². The summed E-state index contributed by atoms with van der Waals surface area (Å²) in [5.74, 6) is 0.664. The van der Waals surface area contributed by atoms with Gasteiger partial charge in [-0.3, -0.25) is 4.79 Å². The lowest BCUT2D eigenvalue weighted by molar-refractivity contribution is -0.124. The predicted octanol–water partition coefficient (Wildman–Crippen LogP) is 3.57. The Morgan fingerprint density at radius 1 is 1.15 bits per heavy atom. The van der Waals surface area contributed by atoms with Gasteiger partial charge in [0.2, 0.25) is 5.91 Å². The standard InChI is InChI=1S/C21H28N4O2/c1-15(26)24-18-11-20(16-5-3-2-4-6-16)27-21(12-18)17-7-9-19(10-8-17)25-14-22-13-23-25/h7-10,13-14,16,18,20-21H,2-6,11-12H2,1H3,(H,24,26)/t18-,20-,21+/m1/s1. The van der Waals surface area contributed by atoms with Gasteiger partial charge in [0, 0.05) is 13.0 Å². The van der Waals surface area contributed by atoms with E-state index in [4.69, 9.17) is 4.74 Å². The van der Waals surface area contributed by atoms with Crippen LogP contribution in [0.1, 0.15) is 63.5 Å². The Morgan fingerprint density at radius 2 is 1.93 bits per heavy atom. The third-order valence-electron chi connectivity index (χ3n) is 5.89. The molecular formula is C21H28N4O2. The Bertz CT molecular complexity index is 738. The second-order valence-electron chi connectivity index (χ2n) is 7.86. The van der Waals surface area contributed by atoms with E-state index in [0.717, 1.165) is 24.1 Å². The van der Waals surface area contributed by atoms with E-state index in [2.05, 4.69) is 27.5 Å². The average Bonchev–Trinajstić information content (AvgIpc) is 3.23.